The molecular weight excluding hydrogens is 304 g/mol. The molecule has 1 aromatic rings. The lowest BCUT2D eigenvalue weighted by Crippen LogP contribution is -2.47. The van der Waals surface area contributed by atoms with Gasteiger partial charge in [0.05, 0.1) is 20.3 Å². The maximum atomic E-state index is 5.93. The summed E-state index contributed by atoms with van der Waals surface area (Å²) in [6.07, 6.45) is 2.37. The van der Waals surface area contributed by atoms with Crippen molar-refractivity contribution in [2.45, 2.75) is 31.5 Å². The van der Waals surface area contributed by atoms with Crippen molar-refractivity contribution in [2.75, 3.05) is 34.4 Å². The van der Waals surface area contributed by atoms with Crippen LogP contribution >= 0.6 is 12.4 Å². The highest BCUT2D eigenvalue weighted by atomic mass is 35.5. The largest absolute Gasteiger partial charge is 0.497 e. The van der Waals surface area contributed by atoms with Gasteiger partial charge in [0.1, 0.15) is 11.5 Å². The fraction of sp³-hybridized carbons (Fsp3) is 0.625. The van der Waals surface area contributed by atoms with E-state index < -0.39 is 0 Å². The van der Waals surface area contributed by atoms with Gasteiger partial charge in [-0.3, -0.25) is 4.90 Å². The van der Waals surface area contributed by atoms with Crippen LogP contribution < -0.4 is 15.2 Å². The molecule has 22 heavy (non-hydrogen) atoms. The average molecular weight is 331 g/mol. The predicted molar refractivity (Wildman–Crippen MR) is 90.1 cm³/mol. The molecule has 6 heteroatoms. The van der Waals surface area contributed by atoms with Crippen molar-refractivity contribution in [3.63, 3.8) is 0 Å². The summed E-state index contributed by atoms with van der Waals surface area (Å²) in [5.74, 6) is 1.64. The number of benzene rings is 1. The normalized spacial score (nSPS) is 22.0. The first-order chi connectivity index (χ1) is 10.2. The number of piperidine rings is 1. The van der Waals surface area contributed by atoms with Crippen LogP contribution in [0.1, 0.15) is 18.4 Å². The van der Waals surface area contributed by atoms with E-state index in [1.165, 1.54) is 5.56 Å². The van der Waals surface area contributed by atoms with E-state index in [2.05, 4.69) is 17.0 Å². The highest BCUT2D eigenvalue weighted by Crippen LogP contribution is 2.26. The Bertz CT molecular complexity index is 437. The van der Waals surface area contributed by atoms with Crippen LogP contribution in [0.5, 0.6) is 11.5 Å². The van der Waals surface area contributed by atoms with Crippen molar-refractivity contribution >= 4 is 12.4 Å². The van der Waals surface area contributed by atoms with E-state index in [9.17, 15) is 0 Å². The van der Waals surface area contributed by atoms with Gasteiger partial charge >= 0.3 is 0 Å². The van der Waals surface area contributed by atoms with Gasteiger partial charge in [-0.05, 0) is 30.5 Å². The van der Waals surface area contributed by atoms with E-state index >= 15 is 0 Å². The molecule has 2 unspecified atom stereocenters. The van der Waals surface area contributed by atoms with Crippen LogP contribution in [0.4, 0.5) is 0 Å². The Morgan fingerprint density at radius 2 is 1.77 bits per heavy atom. The summed E-state index contributed by atoms with van der Waals surface area (Å²) in [6, 6.07) is 6.36. The van der Waals surface area contributed by atoms with Gasteiger partial charge in [-0.1, -0.05) is 0 Å². The van der Waals surface area contributed by atoms with Gasteiger partial charge in [0.25, 0.3) is 0 Å². The van der Waals surface area contributed by atoms with Crippen molar-refractivity contribution in [2.24, 2.45) is 5.73 Å². The minimum Gasteiger partial charge on any atom is -0.497 e. The van der Waals surface area contributed by atoms with Crippen molar-refractivity contribution in [1.29, 1.82) is 0 Å². The molecule has 1 aliphatic heterocycles. The topological polar surface area (TPSA) is 57.0 Å². The average Bonchev–Trinajstić information content (AvgIpc) is 2.54. The minimum absolute atomic E-state index is 0. The standard InChI is InChI=1S/C16H26N2O3.ClH/c1-19-14-4-5-18(13(8-14)10-17)11-12-6-15(20-2)9-16(7-12)21-3;/h6-7,9,13-14H,4-5,8,10-11,17H2,1-3H3;1H. The van der Waals surface area contributed by atoms with E-state index in [1.54, 1.807) is 21.3 Å². The van der Waals surface area contributed by atoms with Crippen LogP contribution in [0.2, 0.25) is 0 Å². The lowest BCUT2D eigenvalue weighted by molar-refractivity contribution is 0.0102. The zero-order chi connectivity index (χ0) is 15.2. The number of methoxy groups -OCH3 is 3. The molecule has 5 nitrogen and oxygen atoms in total. The second-order valence-corrected chi connectivity index (χ2v) is 5.46. The van der Waals surface area contributed by atoms with Crippen LogP contribution in [0.15, 0.2) is 18.2 Å². The smallest absolute Gasteiger partial charge is 0.122 e. The summed E-state index contributed by atoms with van der Waals surface area (Å²) >= 11 is 0. The fourth-order valence-corrected chi connectivity index (χ4v) is 2.92. The van der Waals surface area contributed by atoms with Crippen molar-refractivity contribution in [1.82, 2.24) is 4.90 Å². The summed E-state index contributed by atoms with van der Waals surface area (Å²) < 4.78 is 16.1. The van der Waals surface area contributed by atoms with Gasteiger partial charge < -0.3 is 19.9 Å². The summed E-state index contributed by atoms with van der Waals surface area (Å²) in [5, 5.41) is 0. The summed E-state index contributed by atoms with van der Waals surface area (Å²) in [7, 11) is 5.12. The molecule has 0 bridgehead atoms. The maximum absolute atomic E-state index is 5.93. The van der Waals surface area contributed by atoms with E-state index in [1.807, 2.05) is 6.07 Å². The first-order valence-electron chi connectivity index (χ1n) is 7.39. The monoisotopic (exact) mass is 330 g/mol. The van der Waals surface area contributed by atoms with Crippen LogP contribution in [0, 0.1) is 0 Å². The number of likely N-dealkylation sites (tertiary alicyclic amines) is 1. The lowest BCUT2D eigenvalue weighted by atomic mass is 9.98. The highest BCUT2D eigenvalue weighted by molar-refractivity contribution is 5.85. The van der Waals surface area contributed by atoms with Crippen LogP contribution in [-0.4, -0.2) is 51.5 Å². The zero-order valence-corrected chi connectivity index (χ0v) is 14.4. The number of hydrogen-bond acceptors (Lipinski definition) is 5. The molecule has 0 saturated carbocycles. The fourth-order valence-electron chi connectivity index (χ4n) is 2.92. The molecule has 0 aromatic heterocycles. The molecule has 1 saturated heterocycles. The number of hydrogen-bond donors (Lipinski definition) is 1. The summed E-state index contributed by atoms with van der Waals surface area (Å²) in [5.41, 5.74) is 7.11. The Morgan fingerprint density at radius 3 is 2.27 bits per heavy atom. The Kier molecular flexibility index (Phi) is 7.96. The molecule has 0 spiro atoms. The first kappa shape index (κ1) is 19.0. The number of nitrogens with two attached hydrogens (primary N) is 1. The lowest BCUT2D eigenvalue weighted by Gasteiger charge is -2.38. The summed E-state index contributed by atoms with van der Waals surface area (Å²) in [4.78, 5) is 2.42. The van der Waals surface area contributed by atoms with E-state index in [4.69, 9.17) is 19.9 Å². The molecule has 1 aliphatic rings. The highest BCUT2D eigenvalue weighted by Gasteiger charge is 2.27. The number of nitrogens with zero attached hydrogens (tertiary/aromatic N) is 1. The van der Waals surface area contributed by atoms with Gasteiger partial charge in [0.15, 0.2) is 0 Å². The molecule has 2 rings (SSSR count). The Balaban J connectivity index is 0.00000242. The van der Waals surface area contributed by atoms with Crippen LogP contribution in [-0.2, 0) is 11.3 Å². The molecular formula is C16H27ClN2O3. The third-order valence-electron chi connectivity index (χ3n) is 4.19. The van der Waals surface area contributed by atoms with Crippen molar-refractivity contribution < 1.29 is 14.2 Å². The van der Waals surface area contributed by atoms with Crippen LogP contribution in [0.25, 0.3) is 0 Å². The Morgan fingerprint density at radius 1 is 1.14 bits per heavy atom. The van der Waals surface area contributed by atoms with Crippen molar-refractivity contribution in [3.05, 3.63) is 23.8 Å². The quantitative estimate of drug-likeness (QED) is 0.865. The third-order valence-corrected chi connectivity index (χ3v) is 4.19. The molecule has 1 fully saturated rings. The molecule has 0 amide bonds. The number of halogens is 1. The van der Waals surface area contributed by atoms with Crippen LogP contribution in [0.3, 0.4) is 0 Å². The SMILES string of the molecule is COc1cc(CN2CCC(OC)CC2CN)cc(OC)c1.Cl. The van der Waals surface area contributed by atoms with E-state index in [0.29, 0.717) is 18.7 Å². The number of rotatable bonds is 6. The molecule has 0 radical (unpaired) electrons. The molecule has 2 N–H and O–H groups in total. The second-order valence-electron chi connectivity index (χ2n) is 5.46. The van der Waals surface area contributed by atoms with Gasteiger partial charge in [-0.2, -0.15) is 0 Å². The molecule has 1 aromatic carbocycles. The molecule has 1 heterocycles. The zero-order valence-electron chi connectivity index (χ0n) is 13.6. The van der Waals surface area contributed by atoms with Gasteiger partial charge in [-0.25, -0.2) is 0 Å². The summed E-state index contributed by atoms with van der Waals surface area (Å²) in [6.45, 7) is 2.51. The van der Waals surface area contributed by atoms with Gasteiger partial charge in [0.2, 0.25) is 0 Å². The van der Waals surface area contributed by atoms with E-state index in [0.717, 1.165) is 37.4 Å². The number of ether oxygens (including phenoxy) is 3. The molecule has 2 atom stereocenters. The molecule has 0 aliphatic carbocycles. The third kappa shape index (κ3) is 4.74. The Labute approximate surface area is 139 Å². The molecule has 126 valence electrons. The maximum Gasteiger partial charge on any atom is 0.122 e. The minimum atomic E-state index is 0. The first-order valence-corrected chi connectivity index (χ1v) is 7.39. The van der Waals surface area contributed by atoms with Gasteiger partial charge in [-0.15, -0.1) is 12.4 Å². The van der Waals surface area contributed by atoms with Gasteiger partial charge in [0, 0.05) is 38.9 Å². The predicted octanol–water partition coefficient (Wildman–Crippen LogP) is 2.06. The van der Waals surface area contributed by atoms with Crippen molar-refractivity contribution in [3.8, 4) is 11.5 Å². The van der Waals surface area contributed by atoms with E-state index in [-0.39, 0.29) is 12.4 Å². The second kappa shape index (κ2) is 9.20. The Hall–Kier alpha value is -1.01.